The van der Waals surface area contributed by atoms with E-state index in [9.17, 15) is 0 Å². The average Bonchev–Trinajstić information content (AvgIpc) is 2.37. The summed E-state index contributed by atoms with van der Waals surface area (Å²) in [6.45, 7) is 9.37. The van der Waals surface area contributed by atoms with E-state index in [0.717, 1.165) is 35.7 Å². The molecule has 0 bridgehead atoms. The van der Waals surface area contributed by atoms with Crippen LogP contribution in [-0.4, -0.2) is 28.7 Å². The molecule has 1 aliphatic rings. The molecule has 106 valence electrons. The van der Waals surface area contributed by atoms with Gasteiger partial charge in [-0.3, -0.25) is 0 Å². The summed E-state index contributed by atoms with van der Waals surface area (Å²) in [5, 5.41) is 3.51. The summed E-state index contributed by atoms with van der Waals surface area (Å²) >= 11 is 3.43. The monoisotopic (exact) mass is 327 g/mol. The third-order valence-electron chi connectivity index (χ3n) is 3.93. The van der Waals surface area contributed by atoms with Gasteiger partial charge in [0.05, 0.1) is 6.10 Å². The molecule has 2 atom stereocenters. The van der Waals surface area contributed by atoms with Crippen molar-refractivity contribution in [1.82, 2.24) is 9.97 Å². The summed E-state index contributed by atoms with van der Waals surface area (Å²) in [5.41, 5.74) is 0.139. The molecule has 1 aliphatic carbocycles. The molecule has 2 unspecified atom stereocenters. The Morgan fingerprint density at radius 2 is 2.16 bits per heavy atom. The van der Waals surface area contributed by atoms with Crippen LogP contribution in [0.25, 0.3) is 0 Å². The number of hydrogen-bond acceptors (Lipinski definition) is 4. The summed E-state index contributed by atoms with van der Waals surface area (Å²) in [6.07, 6.45) is 2.21. The molecule has 0 aromatic carbocycles. The Balaban J connectivity index is 2.05. The SMILES string of the molecule is CCOC1CC(Nc2cc(Br)nc(CC)n2)C1(C)C. The average molecular weight is 328 g/mol. The van der Waals surface area contributed by atoms with Crippen LogP contribution in [0.4, 0.5) is 5.82 Å². The lowest BCUT2D eigenvalue weighted by Crippen LogP contribution is -2.58. The molecule has 0 saturated heterocycles. The van der Waals surface area contributed by atoms with Gasteiger partial charge < -0.3 is 10.1 Å². The van der Waals surface area contributed by atoms with Gasteiger partial charge in [-0.25, -0.2) is 9.97 Å². The van der Waals surface area contributed by atoms with Crippen molar-refractivity contribution in [3.8, 4) is 0 Å². The normalized spacial score (nSPS) is 24.9. The lowest BCUT2D eigenvalue weighted by molar-refractivity contribution is -0.0976. The van der Waals surface area contributed by atoms with Crippen molar-refractivity contribution in [3.05, 3.63) is 16.5 Å². The van der Waals surface area contributed by atoms with Gasteiger partial charge in [0.2, 0.25) is 0 Å². The van der Waals surface area contributed by atoms with Crippen LogP contribution in [0.2, 0.25) is 0 Å². The van der Waals surface area contributed by atoms with Gasteiger partial charge in [-0.1, -0.05) is 20.8 Å². The van der Waals surface area contributed by atoms with E-state index >= 15 is 0 Å². The minimum atomic E-state index is 0.139. The van der Waals surface area contributed by atoms with Gasteiger partial charge in [0.25, 0.3) is 0 Å². The predicted octanol–water partition coefficient (Wildman–Crippen LogP) is 3.42. The van der Waals surface area contributed by atoms with Gasteiger partial charge >= 0.3 is 0 Å². The summed E-state index contributed by atoms with van der Waals surface area (Å²) in [7, 11) is 0. The zero-order valence-corrected chi connectivity index (χ0v) is 13.6. The van der Waals surface area contributed by atoms with E-state index in [4.69, 9.17) is 4.74 Å². The highest BCUT2D eigenvalue weighted by Gasteiger charge is 2.49. The second-order valence-electron chi connectivity index (χ2n) is 5.54. The number of halogens is 1. The number of nitrogens with one attached hydrogen (secondary N) is 1. The van der Waals surface area contributed by atoms with E-state index in [2.05, 4.69) is 52.0 Å². The van der Waals surface area contributed by atoms with Crippen molar-refractivity contribution < 1.29 is 4.74 Å². The van der Waals surface area contributed by atoms with E-state index in [0.29, 0.717) is 12.1 Å². The topological polar surface area (TPSA) is 47.0 Å². The van der Waals surface area contributed by atoms with Crippen molar-refractivity contribution in [1.29, 1.82) is 0 Å². The first-order chi connectivity index (χ1) is 8.97. The molecule has 1 N–H and O–H groups in total. The van der Waals surface area contributed by atoms with Gasteiger partial charge in [0.15, 0.2) is 0 Å². The maximum absolute atomic E-state index is 5.75. The van der Waals surface area contributed by atoms with Crippen LogP contribution in [0, 0.1) is 5.41 Å². The first-order valence-electron chi connectivity index (χ1n) is 6.89. The highest BCUT2D eigenvalue weighted by atomic mass is 79.9. The minimum Gasteiger partial charge on any atom is -0.378 e. The molecule has 1 saturated carbocycles. The zero-order chi connectivity index (χ0) is 14.0. The van der Waals surface area contributed by atoms with Crippen molar-refractivity contribution in [2.24, 2.45) is 5.41 Å². The number of aryl methyl sites for hydroxylation is 1. The third kappa shape index (κ3) is 3.08. The molecule has 4 nitrogen and oxygen atoms in total. The maximum atomic E-state index is 5.75. The summed E-state index contributed by atoms with van der Waals surface area (Å²) < 4.78 is 6.58. The van der Waals surface area contributed by atoms with Crippen LogP contribution >= 0.6 is 15.9 Å². The van der Waals surface area contributed by atoms with E-state index < -0.39 is 0 Å². The van der Waals surface area contributed by atoms with Gasteiger partial charge in [0, 0.05) is 30.6 Å². The number of nitrogens with zero attached hydrogens (tertiary/aromatic N) is 2. The minimum absolute atomic E-state index is 0.139. The van der Waals surface area contributed by atoms with Gasteiger partial charge in [-0.15, -0.1) is 0 Å². The Hall–Kier alpha value is -0.680. The first-order valence-corrected chi connectivity index (χ1v) is 7.68. The fourth-order valence-corrected chi connectivity index (χ4v) is 2.91. The number of ether oxygens (including phenoxy) is 1. The third-order valence-corrected chi connectivity index (χ3v) is 4.33. The molecule has 0 spiro atoms. The summed E-state index contributed by atoms with van der Waals surface area (Å²) in [5.74, 6) is 1.75. The highest BCUT2D eigenvalue weighted by Crippen LogP contribution is 2.44. The van der Waals surface area contributed by atoms with E-state index in [-0.39, 0.29) is 5.41 Å². The second kappa shape index (κ2) is 5.75. The van der Waals surface area contributed by atoms with Crippen LogP contribution in [0.1, 0.15) is 39.9 Å². The molecule has 0 aliphatic heterocycles. The Labute approximate surface area is 123 Å². The highest BCUT2D eigenvalue weighted by molar-refractivity contribution is 9.10. The Kier molecular flexibility index (Phi) is 4.46. The van der Waals surface area contributed by atoms with Crippen LogP contribution in [0.3, 0.4) is 0 Å². The fourth-order valence-electron chi connectivity index (χ4n) is 2.49. The standard InChI is InChI=1S/C14H22BrN3O/c1-5-12-17-11(15)8-13(18-12)16-9-7-10(19-6-2)14(9,3)4/h8-10H,5-7H2,1-4H3,(H,16,17,18). The first kappa shape index (κ1) is 14.7. The molecular weight excluding hydrogens is 306 g/mol. The van der Waals surface area contributed by atoms with Gasteiger partial charge in [-0.05, 0) is 29.3 Å². The van der Waals surface area contributed by atoms with Crippen LogP contribution in [0.15, 0.2) is 10.7 Å². The van der Waals surface area contributed by atoms with Crippen LogP contribution in [0.5, 0.6) is 0 Å². The number of hydrogen-bond donors (Lipinski definition) is 1. The molecule has 1 heterocycles. The number of rotatable bonds is 5. The van der Waals surface area contributed by atoms with Crippen molar-refractivity contribution in [2.45, 2.75) is 52.7 Å². The lowest BCUT2D eigenvalue weighted by Gasteiger charge is -2.51. The van der Waals surface area contributed by atoms with E-state index in [1.165, 1.54) is 0 Å². The smallest absolute Gasteiger partial charge is 0.131 e. The van der Waals surface area contributed by atoms with Crippen molar-refractivity contribution in [2.75, 3.05) is 11.9 Å². The number of aromatic nitrogens is 2. The molecule has 19 heavy (non-hydrogen) atoms. The molecular formula is C14H22BrN3O. The molecule has 1 aromatic rings. The van der Waals surface area contributed by atoms with Crippen LogP contribution in [-0.2, 0) is 11.2 Å². The summed E-state index contributed by atoms with van der Waals surface area (Å²) in [4.78, 5) is 8.84. The van der Waals surface area contributed by atoms with Crippen molar-refractivity contribution >= 4 is 21.7 Å². The molecule has 2 rings (SSSR count). The zero-order valence-electron chi connectivity index (χ0n) is 12.0. The van der Waals surface area contributed by atoms with E-state index in [1.807, 2.05) is 13.0 Å². The molecule has 1 aromatic heterocycles. The van der Waals surface area contributed by atoms with Crippen molar-refractivity contribution in [3.63, 3.8) is 0 Å². The largest absolute Gasteiger partial charge is 0.378 e. The Bertz CT molecular complexity index is 450. The number of anilines is 1. The second-order valence-corrected chi connectivity index (χ2v) is 6.36. The van der Waals surface area contributed by atoms with Gasteiger partial charge in [-0.2, -0.15) is 0 Å². The van der Waals surface area contributed by atoms with E-state index in [1.54, 1.807) is 0 Å². The van der Waals surface area contributed by atoms with Gasteiger partial charge in [0.1, 0.15) is 16.2 Å². The summed E-state index contributed by atoms with van der Waals surface area (Å²) in [6, 6.07) is 2.33. The Morgan fingerprint density at radius 3 is 2.74 bits per heavy atom. The van der Waals surface area contributed by atoms with Crippen LogP contribution < -0.4 is 5.32 Å². The molecule has 1 fully saturated rings. The molecule has 0 amide bonds. The maximum Gasteiger partial charge on any atom is 0.131 e. The predicted molar refractivity (Wildman–Crippen MR) is 80.3 cm³/mol. The molecule has 0 radical (unpaired) electrons. The molecule has 5 heteroatoms. The lowest BCUT2D eigenvalue weighted by atomic mass is 9.64. The Morgan fingerprint density at radius 1 is 1.42 bits per heavy atom. The quantitative estimate of drug-likeness (QED) is 0.842. The fraction of sp³-hybridized carbons (Fsp3) is 0.714.